The Morgan fingerprint density at radius 1 is 1.42 bits per heavy atom. The molecule has 0 saturated carbocycles. The number of benzene rings is 1. The standard InChI is InChI=1S/C9H11FN2/c10-8-4-6(11)5-9-7(8)2-1-3-12-9/h4-5,12H,1-3,11H2. The number of nitrogen functional groups attached to an aromatic ring is 1. The van der Waals surface area contributed by atoms with Crippen molar-refractivity contribution < 1.29 is 4.39 Å². The maximum absolute atomic E-state index is 13.2. The van der Waals surface area contributed by atoms with Gasteiger partial charge in [0, 0.05) is 23.5 Å². The predicted octanol–water partition coefficient (Wildman–Crippen LogP) is 1.77. The van der Waals surface area contributed by atoms with Gasteiger partial charge in [0.15, 0.2) is 0 Å². The number of fused-ring (bicyclic) bond motifs is 1. The third-order valence-corrected chi connectivity index (χ3v) is 2.14. The van der Waals surface area contributed by atoms with Crippen LogP contribution in [-0.4, -0.2) is 6.54 Å². The molecule has 0 saturated heterocycles. The number of rotatable bonds is 0. The molecule has 0 radical (unpaired) electrons. The van der Waals surface area contributed by atoms with Gasteiger partial charge >= 0.3 is 0 Å². The van der Waals surface area contributed by atoms with E-state index in [4.69, 9.17) is 5.73 Å². The predicted molar refractivity (Wildman–Crippen MR) is 47.6 cm³/mol. The first-order valence-corrected chi connectivity index (χ1v) is 4.09. The Balaban J connectivity index is 2.53. The molecule has 0 atom stereocenters. The van der Waals surface area contributed by atoms with E-state index in [1.165, 1.54) is 6.07 Å². The van der Waals surface area contributed by atoms with Crippen LogP contribution in [0.25, 0.3) is 0 Å². The lowest BCUT2D eigenvalue weighted by Gasteiger charge is -2.18. The average Bonchev–Trinajstić information content (AvgIpc) is 2.04. The summed E-state index contributed by atoms with van der Waals surface area (Å²) >= 11 is 0. The van der Waals surface area contributed by atoms with Crippen molar-refractivity contribution in [2.75, 3.05) is 17.6 Å². The molecule has 0 bridgehead atoms. The Hall–Kier alpha value is -1.25. The van der Waals surface area contributed by atoms with Crippen LogP contribution in [0.3, 0.4) is 0 Å². The van der Waals surface area contributed by atoms with Gasteiger partial charge in [0.2, 0.25) is 0 Å². The van der Waals surface area contributed by atoms with E-state index in [1.54, 1.807) is 6.07 Å². The molecule has 0 spiro atoms. The second kappa shape index (κ2) is 2.66. The van der Waals surface area contributed by atoms with Gasteiger partial charge in [-0.1, -0.05) is 0 Å². The molecule has 1 aromatic rings. The highest BCUT2D eigenvalue weighted by Crippen LogP contribution is 2.26. The molecule has 0 aromatic heterocycles. The number of nitrogens with two attached hydrogens (primary N) is 1. The van der Waals surface area contributed by atoms with E-state index in [0.29, 0.717) is 5.69 Å². The molecule has 0 fully saturated rings. The van der Waals surface area contributed by atoms with E-state index < -0.39 is 0 Å². The summed E-state index contributed by atoms with van der Waals surface area (Å²) < 4.78 is 13.2. The first kappa shape index (κ1) is 7.40. The lowest BCUT2D eigenvalue weighted by atomic mass is 10.0. The van der Waals surface area contributed by atoms with Gasteiger partial charge < -0.3 is 11.1 Å². The van der Waals surface area contributed by atoms with Gasteiger partial charge in [-0.15, -0.1) is 0 Å². The van der Waals surface area contributed by atoms with Gasteiger partial charge in [0.05, 0.1) is 0 Å². The Morgan fingerprint density at radius 3 is 3.08 bits per heavy atom. The minimum absolute atomic E-state index is 0.183. The summed E-state index contributed by atoms with van der Waals surface area (Å²) in [5.41, 5.74) is 7.62. The first-order chi connectivity index (χ1) is 5.77. The van der Waals surface area contributed by atoms with E-state index in [-0.39, 0.29) is 5.82 Å². The molecule has 0 unspecified atom stereocenters. The van der Waals surface area contributed by atoms with Gasteiger partial charge in [-0.25, -0.2) is 4.39 Å². The highest BCUT2D eigenvalue weighted by atomic mass is 19.1. The van der Waals surface area contributed by atoms with Gasteiger partial charge in [-0.05, 0) is 25.0 Å². The molecule has 3 N–H and O–H groups in total. The zero-order chi connectivity index (χ0) is 8.55. The molecular formula is C9H11FN2. The molecule has 1 aliphatic heterocycles. The zero-order valence-corrected chi connectivity index (χ0v) is 6.73. The molecule has 2 nitrogen and oxygen atoms in total. The fraction of sp³-hybridized carbons (Fsp3) is 0.333. The zero-order valence-electron chi connectivity index (χ0n) is 6.73. The van der Waals surface area contributed by atoms with Gasteiger partial charge in [-0.3, -0.25) is 0 Å². The number of hydrogen-bond donors (Lipinski definition) is 2. The van der Waals surface area contributed by atoms with Crippen LogP contribution in [0, 0.1) is 5.82 Å². The summed E-state index contributed by atoms with van der Waals surface area (Å²) in [5, 5.41) is 3.12. The average molecular weight is 166 g/mol. The normalized spacial score (nSPS) is 15.1. The van der Waals surface area contributed by atoms with Crippen LogP contribution in [0.5, 0.6) is 0 Å². The second-order valence-electron chi connectivity index (χ2n) is 3.06. The summed E-state index contributed by atoms with van der Waals surface area (Å²) in [5.74, 6) is -0.183. The van der Waals surface area contributed by atoms with Crippen molar-refractivity contribution in [3.8, 4) is 0 Å². The Bertz CT molecular complexity index is 310. The van der Waals surface area contributed by atoms with Crippen LogP contribution in [0.1, 0.15) is 12.0 Å². The van der Waals surface area contributed by atoms with E-state index in [1.807, 2.05) is 0 Å². The fourth-order valence-electron chi connectivity index (χ4n) is 1.56. The van der Waals surface area contributed by atoms with Crippen LogP contribution < -0.4 is 11.1 Å². The number of halogens is 1. The number of anilines is 2. The molecule has 2 rings (SSSR count). The maximum atomic E-state index is 13.2. The third kappa shape index (κ3) is 1.11. The number of nitrogens with one attached hydrogen (secondary N) is 1. The van der Waals surface area contributed by atoms with Crippen LogP contribution >= 0.6 is 0 Å². The Labute approximate surface area is 70.6 Å². The third-order valence-electron chi connectivity index (χ3n) is 2.14. The molecule has 1 aliphatic rings. The lowest BCUT2D eigenvalue weighted by Crippen LogP contribution is -2.13. The van der Waals surface area contributed by atoms with Crippen molar-refractivity contribution in [2.24, 2.45) is 0 Å². The summed E-state index contributed by atoms with van der Waals surface area (Å²) in [6.45, 7) is 0.913. The molecule has 0 amide bonds. The molecular weight excluding hydrogens is 155 g/mol. The summed E-state index contributed by atoms with van der Waals surface area (Å²) in [6, 6.07) is 3.17. The smallest absolute Gasteiger partial charge is 0.130 e. The summed E-state index contributed by atoms with van der Waals surface area (Å²) in [7, 11) is 0. The van der Waals surface area contributed by atoms with Gasteiger partial charge in [-0.2, -0.15) is 0 Å². The van der Waals surface area contributed by atoms with Crippen molar-refractivity contribution in [2.45, 2.75) is 12.8 Å². The van der Waals surface area contributed by atoms with Crippen molar-refractivity contribution in [3.63, 3.8) is 0 Å². The van der Waals surface area contributed by atoms with Crippen LogP contribution in [-0.2, 0) is 6.42 Å². The van der Waals surface area contributed by atoms with Gasteiger partial charge in [0.1, 0.15) is 5.82 Å². The van der Waals surface area contributed by atoms with E-state index in [0.717, 1.165) is 30.6 Å². The topological polar surface area (TPSA) is 38.0 Å². The Kier molecular flexibility index (Phi) is 1.64. The van der Waals surface area contributed by atoms with Crippen LogP contribution in [0.4, 0.5) is 15.8 Å². The lowest BCUT2D eigenvalue weighted by molar-refractivity contribution is 0.603. The highest BCUT2D eigenvalue weighted by molar-refractivity contribution is 5.61. The van der Waals surface area contributed by atoms with Gasteiger partial charge in [0.25, 0.3) is 0 Å². The highest BCUT2D eigenvalue weighted by Gasteiger charge is 2.13. The first-order valence-electron chi connectivity index (χ1n) is 4.09. The number of hydrogen-bond acceptors (Lipinski definition) is 2. The molecule has 64 valence electrons. The van der Waals surface area contributed by atoms with Crippen molar-refractivity contribution in [1.82, 2.24) is 0 Å². The molecule has 12 heavy (non-hydrogen) atoms. The van der Waals surface area contributed by atoms with E-state index in [2.05, 4.69) is 5.32 Å². The second-order valence-corrected chi connectivity index (χ2v) is 3.06. The monoisotopic (exact) mass is 166 g/mol. The fourth-order valence-corrected chi connectivity index (χ4v) is 1.56. The Morgan fingerprint density at radius 2 is 2.25 bits per heavy atom. The SMILES string of the molecule is Nc1cc(F)c2c(c1)NCCC2. The molecule has 1 aromatic carbocycles. The van der Waals surface area contributed by atoms with Crippen molar-refractivity contribution >= 4 is 11.4 Å². The van der Waals surface area contributed by atoms with E-state index >= 15 is 0 Å². The summed E-state index contributed by atoms with van der Waals surface area (Å²) in [6.07, 6.45) is 1.81. The molecule has 0 aliphatic carbocycles. The van der Waals surface area contributed by atoms with Crippen molar-refractivity contribution in [1.29, 1.82) is 0 Å². The quantitative estimate of drug-likeness (QED) is 0.576. The molecule has 1 heterocycles. The minimum Gasteiger partial charge on any atom is -0.399 e. The minimum atomic E-state index is -0.183. The van der Waals surface area contributed by atoms with E-state index in [9.17, 15) is 4.39 Å². The van der Waals surface area contributed by atoms with Crippen LogP contribution in [0.2, 0.25) is 0 Å². The largest absolute Gasteiger partial charge is 0.399 e. The maximum Gasteiger partial charge on any atom is 0.130 e. The van der Waals surface area contributed by atoms with Crippen LogP contribution in [0.15, 0.2) is 12.1 Å². The summed E-state index contributed by atoms with van der Waals surface area (Å²) in [4.78, 5) is 0. The van der Waals surface area contributed by atoms with Crippen molar-refractivity contribution in [3.05, 3.63) is 23.5 Å². The molecule has 3 heteroatoms.